The zero-order chi connectivity index (χ0) is 13.5. The molecule has 0 fully saturated rings. The van der Waals surface area contributed by atoms with Crippen LogP contribution in [0.5, 0.6) is 0 Å². The molecule has 0 saturated carbocycles. The van der Waals surface area contributed by atoms with E-state index in [-0.39, 0.29) is 6.20 Å². The summed E-state index contributed by atoms with van der Waals surface area (Å²) in [6.07, 6.45) is -12.0. The maximum atomic E-state index is 13.3. The van der Waals surface area contributed by atoms with E-state index in [0.717, 1.165) is 0 Å². The molecule has 0 spiro atoms. The van der Waals surface area contributed by atoms with Gasteiger partial charge in [0.25, 0.3) is 0 Å². The van der Waals surface area contributed by atoms with Crippen molar-refractivity contribution in [3.8, 4) is 0 Å². The number of alkyl halides is 7. The van der Waals surface area contributed by atoms with Gasteiger partial charge in [-0.05, 0) is 0 Å². The number of rotatable bonds is 1. The zero-order valence-electron chi connectivity index (χ0n) is 7.77. The van der Waals surface area contributed by atoms with E-state index < -0.39 is 29.5 Å². The molecule has 96 valence electrons. The molecule has 2 N–H and O–H groups in total. The molecular formula is C7H4F7N3. The summed E-state index contributed by atoms with van der Waals surface area (Å²) in [7, 11) is 0. The van der Waals surface area contributed by atoms with Crippen molar-refractivity contribution in [1.29, 1.82) is 0 Å². The lowest BCUT2D eigenvalue weighted by Gasteiger charge is -2.28. The Morgan fingerprint density at radius 2 is 1.29 bits per heavy atom. The van der Waals surface area contributed by atoms with E-state index in [4.69, 9.17) is 5.73 Å². The molecule has 0 aliphatic carbocycles. The molecule has 10 heteroatoms. The normalized spacial score (nSPS) is 13.8. The maximum Gasteiger partial charge on any atom is 0.437 e. The summed E-state index contributed by atoms with van der Waals surface area (Å²) in [5.41, 5.74) is -2.55. The fourth-order valence-electron chi connectivity index (χ4n) is 0.967. The molecule has 1 aromatic rings. The highest BCUT2D eigenvalue weighted by molar-refractivity contribution is 5.26. The number of nitrogens with two attached hydrogens (primary N) is 1. The lowest BCUT2D eigenvalue weighted by atomic mass is 10.0. The largest absolute Gasteiger partial charge is 0.437 e. The first-order valence-corrected chi connectivity index (χ1v) is 3.90. The molecule has 1 aromatic heterocycles. The SMILES string of the molecule is Nc1cnc(C(F)(C(F)(F)F)C(F)(F)F)cn1. The van der Waals surface area contributed by atoms with Crippen molar-refractivity contribution in [2.24, 2.45) is 0 Å². The molecule has 3 nitrogen and oxygen atoms in total. The van der Waals surface area contributed by atoms with Crippen molar-refractivity contribution in [1.82, 2.24) is 9.97 Å². The molecule has 1 rings (SSSR count). The molecule has 0 aliphatic heterocycles. The van der Waals surface area contributed by atoms with Gasteiger partial charge in [0, 0.05) is 0 Å². The van der Waals surface area contributed by atoms with E-state index in [1.54, 1.807) is 0 Å². The Morgan fingerprint density at radius 3 is 1.59 bits per heavy atom. The standard InChI is InChI=1S/C7H4F7N3/c8-5(6(9,10)11,7(12,13)14)3-1-17-4(15)2-16-3/h1-2H,(H2,15,17). The van der Waals surface area contributed by atoms with Crippen LogP contribution in [-0.4, -0.2) is 22.3 Å². The van der Waals surface area contributed by atoms with Crippen LogP contribution in [0.2, 0.25) is 0 Å². The molecule has 0 unspecified atom stereocenters. The van der Waals surface area contributed by atoms with Gasteiger partial charge in [0.1, 0.15) is 11.5 Å². The predicted octanol–water partition coefficient (Wildman–Crippen LogP) is 2.35. The minimum atomic E-state index is -6.20. The third-order valence-corrected chi connectivity index (χ3v) is 1.81. The van der Waals surface area contributed by atoms with E-state index in [0.29, 0.717) is 6.20 Å². The molecule has 17 heavy (non-hydrogen) atoms. The number of aromatic nitrogens is 2. The van der Waals surface area contributed by atoms with Gasteiger partial charge in [0.2, 0.25) is 0 Å². The van der Waals surface area contributed by atoms with Gasteiger partial charge in [-0.3, -0.25) is 4.98 Å². The summed E-state index contributed by atoms with van der Waals surface area (Å²) in [5, 5.41) is 0. The maximum absolute atomic E-state index is 13.3. The average molecular weight is 263 g/mol. The van der Waals surface area contributed by atoms with Crippen LogP contribution in [0.15, 0.2) is 12.4 Å². The van der Waals surface area contributed by atoms with Gasteiger partial charge in [0.05, 0.1) is 12.4 Å². The highest BCUT2D eigenvalue weighted by Gasteiger charge is 2.74. The van der Waals surface area contributed by atoms with Gasteiger partial charge in [0.15, 0.2) is 0 Å². The first kappa shape index (κ1) is 13.5. The number of halogens is 7. The fraction of sp³-hybridized carbons (Fsp3) is 0.429. The molecular weight excluding hydrogens is 259 g/mol. The first-order chi connectivity index (χ1) is 7.50. The van der Waals surface area contributed by atoms with Gasteiger partial charge in [-0.25, -0.2) is 9.37 Å². The average Bonchev–Trinajstić information content (AvgIpc) is 2.14. The van der Waals surface area contributed by atoms with Gasteiger partial charge in [-0.2, -0.15) is 26.3 Å². The lowest BCUT2D eigenvalue weighted by Crippen LogP contribution is -2.51. The molecule has 1 heterocycles. The summed E-state index contributed by atoms with van der Waals surface area (Å²) in [6, 6.07) is 0. The highest BCUT2D eigenvalue weighted by atomic mass is 19.4. The minimum Gasteiger partial charge on any atom is -0.382 e. The summed E-state index contributed by atoms with van der Waals surface area (Å²) in [5.74, 6) is -0.430. The van der Waals surface area contributed by atoms with Crippen molar-refractivity contribution in [3.05, 3.63) is 18.1 Å². The van der Waals surface area contributed by atoms with Crippen molar-refractivity contribution in [2.45, 2.75) is 18.0 Å². The van der Waals surface area contributed by atoms with E-state index in [9.17, 15) is 30.7 Å². The second-order valence-corrected chi connectivity index (χ2v) is 2.98. The first-order valence-electron chi connectivity index (χ1n) is 3.90. The van der Waals surface area contributed by atoms with E-state index in [1.165, 1.54) is 0 Å². The van der Waals surface area contributed by atoms with Gasteiger partial charge < -0.3 is 5.73 Å². The quantitative estimate of drug-likeness (QED) is 0.791. The Kier molecular flexibility index (Phi) is 2.93. The minimum absolute atomic E-state index is 0.00366. The van der Waals surface area contributed by atoms with Crippen molar-refractivity contribution < 1.29 is 30.7 Å². The Labute approximate surface area is 89.5 Å². The Hall–Kier alpha value is -1.61. The van der Waals surface area contributed by atoms with Crippen LogP contribution in [0.25, 0.3) is 0 Å². The van der Waals surface area contributed by atoms with Crippen LogP contribution < -0.4 is 5.73 Å². The summed E-state index contributed by atoms with van der Waals surface area (Å²) >= 11 is 0. The number of hydrogen-bond donors (Lipinski definition) is 1. The van der Waals surface area contributed by atoms with Crippen LogP contribution in [0.1, 0.15) is 5.69 Å². The van der Waals surface area contributed by atoms with Gasteiger partial charge in [-0.15, -0.1) is 0 Å². The summed E-state index contributed by atoms with van der Waals surface area (Å²) in [4.78, 5) is 5.63. The second kappa shape index (κ2) is 3.70. The molecule has 0 amide bonds. The summed E-state index contributed by atoms with van der Waals surface area (Å²) in [6.45, 7) is 0. The lowest BCUT2D eigenvalue weighted by molar-refractivity contribution is -0.350. The molecule has 0 aliphatic rings. The number of anilines is 1. The van der Waals surface area contributed by atoms with E-state index in [2.05, 4.69) is 9.97 Å². The van der Waals surface area contributed by atoms with Gasteiger partial charge in [-0.1, -0.05) is 0 Å². The molecule has 0 aromatic carbocycles. The third-order valence-electron chi connectivity index (χ3n) is 1.81. The van der Waals surface area contributed by atoms with Crippen molar-refractivity contribution in [2.75, 3.05) is 5.73 Å². The number of nitrogens with zero attached hydrogens (tertiary/aromatic N) is 2. The number of hydrogen-bond acceptors (Lipinski definition) is 3. The molecule has 0 saturated heterocycles. The monoisotopic (exact) mass is 263 g/mol. The zero-order valence-corrected chi connectivity index (χ0v) is 7.77. The van der Waals surface area contributed by atoms with Crippen LogP contribution in [-0.2, 0) is 5.67 Å². The fourth-order valence-corrected chi connectivity index (χ4v) is 0.967. The third kappa shape index (κ3) is 2.11. The number of nitrogen functional groups attached to an aromatic ring is 1. The van der Waals surface area contributed by atoms with E-state index >= 15 is 0 Å². The second-order valence-electron chi connectivity index (χ2n) is 2.98. The highest BCUT2D eigenvalue weighted by Crippen LogP contribution is 2.52. The Balaban J connectivity index is 3.41. The van der Waals surface area contributed by atoms with Crippen LogP contribution in [0, 0.1) is 0 Å². The predicted molar refractivity (Wildman–Crippen MR) is 41.3 cm³/mol. The van der Waals surface area contributed by atoms with E-state index in [1.807, 2.05) is 0 Å². The molecule has 0 radical (unpaired) electrons. The van der Waals surface area contributed by atoms with Crippen LogP contribution >= 0.6 is 0 Å². The van der Waals surface area contributed by atoms with Crippen molar-refractivity contribution >= 4 is 5.82 Å². The van der Waals surface area contributed by atoms with Crippen LogP contribution in [0.4, 0.5) is 36.6 Å². The topological polar surface area (TPSA) is 51.8 Å². The Morgan fingerprint density at radius 1 is 0.824 bits per heavy atom. The molecule has 0 bridgehead atoms. The van der Waals surface area contributed by atoms with Gasteiger partial charge >= 0.3 is 18.0 Å². The smallest absolute Gasteiger partial charge is 0.382 e. The Bertz CT molecular complexity index is 379. The van der Waals surface area contributed by atoms with Crippen LogP contribution in [0.3, 0.4) is 0 Å². The van der Waals surface area contributed by atoms with Crippen molar-refractivity contribution in [3.63, 3.8) is 0 Å². The molecule has 0 atom stereocenters. The summed E-state index contributed by atoms with van der Waals surface area (Å²) < 4.78 is 86.4.